The van der Waals surface area contributed by atoms with Gasteiger partial charge in [0.05, 0.1) is 5.73 Å². The number of hydrogen-bond donors (Lipinski definition) is 2. The number of rotatable bonds is 5. The van der Waals surface area contributed by atoms with E-state index in [2.05, 4.69) is 5.32 Å². The van der Waals surface area contributed by atoms with E-state index in [4.69, 9.17) is 14.2 Å². The molecule has 0 saturated carbocycles. The van der Waals surface area contributed by atoms with Gasteiger partial charge >= 0.3 is 6.09 Å². The first-order chi connectivity index (χ1) is 13.7. The predicted octanol–water partition coefficient (Wildman–Crippen LogP) is 1.63. The topological polar surface area (TPSA) is 97.3 Å². The summed E-state index contributed by atoms with van der Waals surface area (Å²) in [5.74, 6) is 1.01. The molecule has 2 aliphatic heterocycles. The second kappa shape index (κ2) is 9.04. The third kappa shape index (κ3) is 5.86. The lowest BCUT2D eigenvalue weighted by Gasteiger charge is -2.27. The maximum absolute atomic E-state index is 13.0. The molecule has 1 aromatic carbocycles. The van der Waals surface area contributed by atoms with Gasteiger partial charge in [0.25, 0.3) is 0 Å². The van der Waals surface area contributed by atoms with Crippen LogP contribution in [0.5, 0.6) is 11.5 Å². The van der Waals surface area contributed by atoms with Gasteiger partial charge in [0.2, 0.25) is 5.91 Å². The Balaban J connectivity index is 1.72. The summed E-state index contributed by atoms with van der Waals surface area (Å²) in [6.07, 6.45) is 1.22. The number of alkyl carbamates (subject to hydrolysis) is 1. The van der Waals surface area contributed by atoms with E-state index in [1.807, 2.05) is 0 Å². The highest BCUT2D eigenvalue weighted by Crippen LogP contribution is 2.32. The number of carbonyl (C=O) groups is 2. The zero-order valence-electron chi connectivity index (χ0n) is 17.1. The van der Waals surface area contributed by atoms with E-state index >= 15 is 0 Å². The van der Waals surface area contributed by atoms with Gasteiger partial charge in [0.1, 0.15) is 34.0 Å². The van der Waals surface area contributed by atoms with Crippen LogP contribution >= 0.6 is 0 Å². The van der Waals surface area contributed by atoms with Crippen molar-refractivity contribution in [3.8, 4) is 11.5 Å². The van der Waals surface area contributed by atoms with Crippen LogP contribution in [0, 0.1) is 0 Å². The Labute approximate surface area is 173 Å². The largest absolute Gasteiger partial charge is 0.486 e. The molecule has 3 rings (SSSR count). The van der Waals surface area contributed by atoms with Crippen LogP contribution in [0.3, 0.4) is 0 Å². The summed E-state index contributed by atoms with van der Waals surface area (Å²) in [4.78, 5) is 27.0. The molecule has 29 heavy (non-hydrogen) atoms. The molecule has 1 fully saturated rings. The van der Waals surface area contributed by atoms with Crippen molar-refractivity contribution in [2.24, 2.45) is 0 Å². The minimum atomic E-state index is -0.933. The van der Waals surface area contributed by atoms with E-state index in [1.165, 1.54) is 0 Å². The summed E-state index contributed by atoms with van der Waals surface area (Å²) < 4.78 is 16.4. The molecule has 2 radical (unpaired) electrons. The number of benzene rings is 1. The molecule has 2 N–H and O–H groups in total. The highest BCUT2D eigenvalue weighted by atomic mass is 28.2. The lowest BCUT2D eigenvalue weighted by Crippen LogP contribution is -2.53. The first kappa shape index (κ1) is 21.4. The number of nitrogens with one attached hydrogen (secondary N) is 1. The number of aliphatic hydroxyl groups is 1. The van der Waals surface area contributed by atoms with E-state index in [1.54, 1.807) is 43.9 Å². The van der Waals surface area contributed by atoms with Crippen LogP contribution in [-0.2, 0) is 9.53 Å². The van der Waals surface area contributed by atoms with Crippen LogP contribution in [0.1, 0.15) is 44.9 Å². The summed E-state index contributed by atoms with van der Waals surface area (Å²) in [5, 5.41) is 13.4. The SMILES string of the molecule is CC(C)(C)OC(=O)N[C@@H]([Si][C@H](O)c1ccc2c(c1)OCCO2)C(=O)N1CCCC1. The zero-order valence-corrected chi connectivity index (χ0v) is 18.1. The van der Waals surface area contributed by atoms with Crippen molar-refractivity contribution in [3.05, 3.63) is 23.8 Å². The number of aliphatic hydroxyl groups excluding tert-OH is 1. The van der Waals surface area contributed by atoms with Gasteiger partial charge < -0.3 is 29.5 Å². The second-order valence-electron chi connectivity index (χ2n) is 8.08. The van der Waals surface area contributed by atoms with E-state index < -0.39 is 23.1 Å². The molecule has 0 spiro atoms. The van der Waals surface area contributed by atoms with Crippen molar-refractivity contribution in [2.75, 3.05) is 26.3 Å². The molecule has 2 heterocycles. The number of amides is 2. The van der Waals surface area contributed by atoms with Crippen molar-refractivity contribution in [1.82, 2.24) is 10.2 Å². The maximum Gasteiger partial charge on any atom is 0.408 e. The molecule has 0 aromatic heterocycles. The van der Waals surface area contributed by atoms with Crippen LogP contribution in [0.2, 0.25) is 0 Å². The van der Waals surface area contributed by atoms with Gasteiger partial charge in [-0.25, -0.2) is 4.79 Å². The molecular formula is C20H28N2O6Si. The highest BCUT2D eigenvalue weighted by molar-refractivity contribution is 6.46. The fourth-order valence-electron chi connectivity index (χ4n) is 3.20. The lowest BCUT2D eigenvalue weighted by molar-refractivity contribution is -0.130. The molecular weight excluding hydrogens is 392 g/mol. The molecule has 2 atom stereocenters. The Kier molecular flexibility index (Phi) is 6.69. The number of fused-ring (bicyclic) bond motifs is 1. The van der Waals surface area contributed by atoms with Crippen molar-refractivity contribution in [3.63, 3.8) is 0 Å². The summed E-state index contributed by atoms with van der Waals surface area (Å²) >= 11 is 0. The Morgan fingerprint density at radius 1 is 1.17 bits per heavy atom. The normalized spacial score (nSPS) is 18.1. The summed E-state index contributed by atoms with van der Waals surface area (Å²) in [5.41, 5.74) is -1.86. The number of hydrogen-bond acceptors (Lipinski definition) is 6. The van der Waals surface area contributed by atoms with Gasteiger partial charge in [0.15, 0.2) is 11.5 Å². The first-order valence-corrected chi connectivity index (χ1v) is 11.0. The molecule has 0 bridgehead atoms. The molecule has 1 aromatic rings. The smallest absolute Gasteiger partial charge is 0.408 e. The van der Waals surface area contributed by atoms with E-state index in [0.29, 0.717) is 43.4 Å². The van der Waals surface area contributed by atoms with E-state index in [-0.39, 0.29) is 15.4 Å². The Hall–Kier alpha value is -2.26. The molecule has 0 unspecified atom stereocenters. The monoisotopic (exact) mass is 420 g/mol. The van der Waals surface area contributed by atoms with Gasteiger partial charge in [-0.3, -0.25) is 4.79 Å². The Morgan fingerprint density at radius 3 is 2.48 bits per heavy atom. The molecule has 9 heteroatoms. The molecule has 158 valence electrons. The number of ether oxygens (including phenoxy) is 3. The molecule has 8 nitrogen and oxygen atoms in total. The van der Waals surface area contributed by atoms with Gasteiger partial charge in [-0.05, 0) is 51.3 Å². The quantitative estimate of drug-likeness (QED) is 0.703. The molecule has 2 aliphatic rings. The maximum atomic E-state index is 13.0. The van der Waals surface area contributed by atoms with E-state index in [0.717, 1.165) is 12.8 Å². The van der Waals surface area contributed by atoms with Gasteiger partial charge in [-0.15, -0.1) is 0 Å². The minimum absolute atomic E-state index is 0.191. The van der Waals surface area contributed by atoms with Crippen LogP contribution < -0.4 is 14.8 Å². The lowest BCUT2D eigenvalue weighted by atomic mass is 10.2. The first-order valence-electron chi connectivity index (χ1n) is 9.85. The zero-order chi connectivity index (χ0) is 21.0. The fraction of sp³-hybridized carbons (Fsp3) is 0.600. The average molecular weight is 421 g/mol. The second-order valence-corrected chi connectivity index (χ2v) is 9.54. The van der Waals surface area contributed by atoms with Crippen molar-refractivity contribution < 1.29 is 28.9 Å². The van der Waals surface area contributed by atoms with Crippen LogP contribution in [0.4, 0.5) is 4.79 Å². The van der Waals surface area contributed by atoms with Gasteiger partial charge in [-0.1, -0.05) is 6.07 Å². The van der Waals surface area contributed by atoms with E-state index in [9.17, 15) is 14.7 Å². The highest BCUT2D eigenvalue weighted by Gasteiger charge is 2.32. The molecule has 1 saturated heterocycles. The third-order valence-corrected chi connectivity index (χ3v) is 5.91. The molecule has 2 amide bonds. The van der Waals surface area contributed by atoms with Crippen molar-refractivity contribution in [1.29, 1.82) is 0 Å². The summed E-state index contributed by atoms with van der Waals surface area (Å²) in [6.45, 7) is 7.54. The number of carbonyl (C=O) groups excluding carboxylic acids is 2. The summed E-state index contributed by atoms with van der Waals surface area (Å²) in [6, 6.07) is 5.21. The van der Waals surface area contributed by atoms with Crippen LogP contribution in [0.25, 0.3) is 0 Å². The minimum Gasteiger partial charge on any atom is -0.486 e. The number of likely N-dealkylation sites (tertiary alicyclic amines) is 1. The van der Waals surface area contributed by atoms with Crippen molar-refractivity contribution in [2.45, 2.75) is 50.6 Å². The standard InChI is InChI=1S/C20H28N2O6Si/c1-20(2,3)28-19(25)21-16(17(23)22-8-4-5-9-22)29-18(24)13-6-7-14-15(12-13)27-11-10-26-14/h6-7,12,16,18,24H,4-5,8-11H2,1-3H3,(H,21,25)/t16-,18-/m0/s1. The van der Waals surface area contributed by atoms with Gasteiger partial charge in [-0.2, -0.15) is 0 Å². The fourth-order valence-corrected chi connectivity index (χ4v) is 4.42. The van der Waals surface area contributed by atoms with Crippen LogP contribution in [0.15, 0.2) is 18.2 Å². The summed E-state index contributed by atoms with van der Waals surface area (Å²) in [7, 11) is -0.270. The number of nitrogens with zero attached hydrogens (tertiary/aromatic N) is 1. The van der Waals surface area contributed by atoms with Crippen LogP contribution in [-0.4, -0.2) is 69.1 Å². The average Bonchev–Trinajstić information content (AvgIpc) is 3.19. The Morgan fingerprint density at radius 2 is 1.83 bits per heavy atom. The Bertz CT molecular complexity index is 745. The molecule has 0 aliphatic carbocycles. The van der Waals surface area contributed by atoms with Gasteiger partial charge in [0, 0.05) is 13.1 Å². The third-order valence-electron chi connectivity index (χ3n) is 4.53. The predicted molar refractivity (Wildman–Crippen MR) is 107 cm³/mol. The van der Waals surface area contributed by atoms with Crippen molar-refractivity contribution >= 4 is 21.5 Å².